The Kier molecular flexibility index (Phi) is 14.2. The van der Waals surface area contributed by atoms with Crippen molar-refractivity contribution in [2.24, 2.45) is 0 Å². The van der Waals surface area contributed by atoms with Crippen molar-refractivity contribution in [3.05, 3.63) is 0 Å². The van der Waals surface area contributed by atoms with E-state index < -0.39 is 0 Å². The molecule has 0 unspecified atom stereocenters. The van der Waals surface area contributed by atoms with E-state index in [0.717, 1.165) is 51.4 Å². The SMILES string of the molecule is OCCCC#CCCCCCC#CCCCO. The number of hydrogen-bond donors (Lipinski definition) is 2. The largest absolute Gasteiger partial charge is 0.396 e. The molecule has 2 heteroatoms. The molecule has 0 aliphatic heterocycles. The van der Waals surface area contributed by atoms with Gasteiger partial charge in [0.15, 0.2) is 0 Å². The molecular formula is C15H24O2. The van der Waals surface area contributed by atoms with E-state index in [0.29, 0.717) is 0 Å². The van der Waals surface area contributed by atoms with Crippen LogP contribution in [0.5, 0.6) is 0 Å². The van der Waals surface area contributed by atoms with Gasteiger partial charge in [0.25, 0.3) is 0 Å². The zero-order valence-corrected chi connectivity index (χ0v) is 10.7. The highest BCUT2D eigenvalue weighted by Gasteiger charge is 1.85. The van der Waals surface area contributed by atoms with Crippen LogP contribution in [-0.4, -0.2) is 23.4 Å². The number of aliphatic hydroxyl groups is 2. The molecule has 0 fully saturated rings. The Hall–Kier alpha value is -0.960. The molecule has 0 heterocycles. The zero-order valence-electron chi connectivity index (χ0n) is 10.7. The Morgan fingerprint density at radius 1 is 0.471 bits per heavy atom. The summed E-state index contributed by atoms with van der Waals surface area (Å²) in [4.78, 5) is 0. The second kappa shape index (κ2) is 15.0. The van der Waals surface area contributed by atoms with Gasteiger partial charge in [-0.05, 0) is 25.7 Å². The monoisotopic (exact) mass is 236 g/mol. The number of aliphatic hydroxyl groups excluding tert-OH is 2. The Balaban J connectivity index is 3.16. The van der Waals surface area contributed by atoms with Gasteiger partial charge in [-0.3, -0.25) is 0 Å². The van der Waals surface area contributed by atoms with Crippen molar-refractivity contribution in [1.82, 2.24) is 0 Å². The summed E-state index contributed by atoms with van der Waals surface area (Å²) in [5.41, 5.74) is 0. The molecule has 0 radical (unpaired) electrons. The van der Waals surface area contributed by atoms with Crippen molar-refractivity contribution >= 4 is 0 Å². The Morgan fingerprint density at radius 3 is 1.18 bits per heavy atom. The molecule has 0 amide bonds. The Bertz CT molecular complexity index is 234. The standard InChI is InChI=1S/C15H24O2/c16-14-12-10-8-6-4-2-1-3-5-7-9-11-13-15-17/h16-17H,1-5,10-15H2. The van der Waals surface area contributed by atoms with Gasteiger partial charge < -0.3 is 10.2 Å². The highest BCUT2D eigenvalue weighted by atomic mass is 16.3. The molecular weight excluding hydrogens is 212 g/mol. The third-order valence-electron chi connectivity index (χ3n) is 2.27. The topological polar surface area (TPSA) is 40.5 Å². The highest BCUT2D eigenvalue weighted by Crippen LogP contribution is 2.01. The summed E-state index contributed by atoms with van der Waals surface area (Å²) in [6.07, 6.45) is 8.59. The Morgan fingerprint density at radius 2 is 0.824 bits per heavy atom. The van der Waals surface area contributed by atoms with Crippen LogP contribution in [0.15, 0.2) is 0 Å². The second-order valence-corrected chi connectivity index (χ2v) is 3.92. The van der Waals surface area contributed by atoms with Crippen molar-refractivity contribution < 1.29 is 10.2 Å². The number of hydrogen-bond acceptors (Lipinski definition) is 2. The molecule has 0 aliphatic rings. The lowest BCUT2D eigenvalue weighted by molar-refractivity contribution is 0.290. The van der Waals surface area contributed by atoms with Crippen LogP contribution in [0.1, 0.15) is 57.8 Å². The Labute approximate surface area is 105 Å². The molecule has 0 bridgehead atoms. The third-order valence-corrected chi connectivity index (χ3v) is 2.27. The molecule has 2 N–H and O–H groups in total. The summed E-state index contributed by atoms with van der Waals surface area (Å²) in [7, 11) is 0. The van der Waals surface area contributed by atoms with Gasteiger partial charge in [0.1, 0.15) is 0 Å². The third kappa shape index (κ3) is 15.0. The average Bonchev–Trinajstić information content (AvgIpc) is 2.35. The quantitative estimate of drug-likeness (QED) is 0.502. The van der Waals surface area contributed by atoms with E-state index in [-0.39, 0.29) is 13.2 Å². The maximum atomic E-state index is 8.55. The highest BCUT2D eigenvalue weighted by molar-refractivity contribution is 4.99. The molecule has 0 rings (SSSR count). The lowest BCUT2D eigenvalue weighted by Crippen LogP contribution is -1.80. The molecule has 2 nitrogen and oxygen atoms in total. The van der Waals surface area contributed by atoms with Crippen LogP contribution in [0.2, 0.25) is 0 Å². The van der Waals surface area contributed by atoms with Crippen molar-refractivity contribution in [3.8, 4) is 23.7 Å². The van der Waals surface area contributed by atoms with Crippen LogP contribution in [-0.2, 0) is 0 Å². The molecule has 0 aliphatic carbocycles. The van der Waals surface area contributed by atoms with Crippen LogP contribution >= 0.6 is 0 Å². The molecule has 0 aromatic heterocycles. The fraction of sp³-hybridized carbons (Fsp3) is 0.733. The predicted molar refractivity (Wildman–Crippen MR) is 71.3 cm³/mol. The number of unbranched alkanes of at least 4 members (excludes halogenated alkanes) is 6. The lowest BCUT2D eigenvalue weighted by Gasteiger charge is -1.92. The summed E-state index contributed by atoms with van der Waals surface area (Å²) in [6, 6.07) is 0. The van der Waals surface area contributed by atoms with Gasteiger partial charge in [-0.25, -0.2) is 0 Å². The van der Waals surface area contributed by atoms with E-state index in [1.807, 2.05) is 0 Å². The summed E-state index contributed by atoms with van der Waals surface area (Å²) >= 11 is 0. The van der Waals surface area contributed by atoms with Gasteiger partial charge in [-0.1, -0.05) is 6.42 Å². The molecule has 0 aromatic carbocycles. The minimum atomic E-state index is 0.240. The number of rotatable bonds is 8. The summed E-state index contributed by atoms with van der Waals surface area (Å²) in [6.45, 7) is 0.479. The first kappa shape index (κ1) is 16.0. The molecule has 0 aromatic rings. The first-order valence-corrected chi connectivity index (χ1v) is 6.55. The minimum absolute atomic E-state index is 0.240. The predicted octanol–water partition coefficient (Wildman–Crippen LogP) is 2.49. The van der Waals surface area contributed by atoms with E-state index in [1.165, 1.54) is 6.42 Å². The maximum absolute atomic E-state index is 8.55. The molecule has 0 saturated heterocycles. The first-order valence-electron chi connectivity index (χ1n) is 6.55. The molecule has 0 saturated carbocycles. The zero-order chi connectivity index (χ0) is 12.6. The van der Waals surface area contributed by atoms with E-state index in [1.54, 1.807) is 0 Å². The van der Waals surface area contributed by atoms with Gasteiger partial charge in [0.05, 0.1) is 0 Å². The molecule has 0 spiro atoms. The van der Waals surface area contributed by atoms with Crippen LogP contribution in [0.25, 0.3) is 0 Å². The van der Waals surface area contributed by atoms with Crippen molar-refractivity contribution in [3.63, 3.8) is 0 Å². The van der Waals surface area contributed by atoms with Gasteiger partial charge >= 0.3 is 0 Å². The van der Waals surface area contributed by atoms with Gasteiger partial charge in [-0.15, -0.1) is 23.7 Å². The van der Waals surface area contributed by atoms with Crippen LogP contribution < -0.4 is 0 Å². The van der Waals surface area contributed by atoms with Gasteiger partial charge in [0, 0.05) is 38.9 Å². The van der Waals surface area contributed by atoms with Crippen LogP contribution in [0, 0.1) is 23.7 Å². The lowest BCUT2D eigenvalue weighted by atomic mass is 10.1. The van der Waals surface area contributed by atoms with Crippen molar-refractivity contribution in [2.75, 3.05) is 13.2 Å². The van der Waals surface area contributed by atoms with Crippen LogP contribution in [0.3, 0.4) is 0 Å². The summed E-state index contributed by atoms with van der Waals surface area (Å²) in [5, 5.41) is 17.1. The van der Waals surface area contributed by atoms with Crippen LogP contribution in [0.4, 0.5) is 0 Å². The normalized spacial score (nSPS) is 9.06. The summed E-state index contributed by atoms with van der Waals surface area (Å²) in [5.74, 6) is 12.3. The molecule has 17 heavy (non-hydrogen) atoms. The van der Waals surface area contributed by atoms with Gasteiger partial charge in [-0.2, -0.15) is 0 Å². The van der Waals surface area contributed by atoms with Gasteiger partial charge in [0.2, 0.25) is 0 Å². The van der Waals surface area contributed by atoms with E-state index in [9.17, 15) is 0 Å². The fourth-order valence-corrected chi connectivity index (χ4v) is 1.29. The van der Waals surface area contributed by atoms with Crippen molar-refractivity contribution in [2.45, 2.75) is 57.8 Å². The first-order chi connectivity index (χ1) is 8.41. The van der Waals surface area contributed by atoms with E-state index in [4.69, 9.17) is 10.2 Å². The fourth-order valence-electron chi connectivity index (χ4n) is 1.29. The van der Waals surface area contributed by atoms with E-state index in [2.05, 4.69) is 23.7 Å². The maximum Gasteiger partial charge on any atom is 0.0440 e. The minimum Gasteiger partial charge on any atom is -0.396 e. The molecule has 0 atom stereocenters. The summed E-state index contributed by atoms with van der Waals surface area (Å²) < 4.78 is 0. The molecule has 96 valence electrons. The average molecular weight is 236 g/mol. The second-order valence-electron chi connectivity index (χ2n) is 3.92. The van der Waals surface area contributed by atoms with Crippen molar-refractivity contribution in [1.29, 1.82) is 0 Å². The smallest absolute Gasteiger partial charge is 0.0440 e. The van der Waals surface area contributed by atoms with E-state index >= 15 is 0 Å².